The quantitative estimate of drug-likeness (QED) is 0.818. The summed E-state index contributed by atoms with van der Waals surface area (Å²) in [6.45, 7) is -0.642. The molecule has 1 amide bonds. The predicted octanol–water partition coefficient (Wildman–Crippen LogP) is 2.56. The van der Waals surface area contributed by atoms with Gasteiger partial charge in [-0.25, -0.2) is 0 Å². The van der Waals surface area contributed by atoms with Crippen LogP contribution in [0.1, 0.15) is 5.56 Å². The fourth-order valence-electron chi connectivity index (χ4n) is 1.48. The highest BCUT2D eigenvalue weighted by Crippen LogP contribution is 2.21. The monoisotopic (exact) mass is 321 g/mol. The lowest BCUT2D eigenvalue weighted by Gasteiger charge is -2.21. The van der Waals surface area contributed by atoms with Gasteiger partial charge in [0, 0.05) is 4.90 Å². The number of nitrogens with zero attached hydrogens (tertiary/aromatic N) is 1. The van der Waals surface area contributed by atoms with Crippen molar-refractivity contribution in [3.05, 3.63) is 29.8 Å². The zero-order valence-corrected chi connectivity index (χ0v) is 12.0. The van der Waals surface area contributed by atoms with Gasteiger partial charge < -0.3 is 10.0 Å². The number of hydrogen-bond acceptors (Lipinski definition) is 3. The van der Waals surface area contributed by atoms with Gasteiger partial charge in [0.25, 0.3) is 0 Å². The zero-order chi connectivity index (χ0) is 16.0. The van der Waals surface area contributed by atoms with E-state index in [1.165, 1.54) is 0 Å². The number of thioether (sulfide) groups is 1. The van der Waals surface area contributed by atoms with Crippen LogP contribution in [0.5, 0.6) is 0 Å². The van der Waals surface area contributed by atoms with Crippen LogP contribution in [0, 0.1) is 6.92 Å². The number of amides is 1. The number of carbonyl (C=O) groups is 2. The molecule has 0 aliphatic carbocycles. The molecule has 0 aromatic heterocycles. The summed E-state index contributed by atoms with van der Waals surface area (Å²) >= 11 is 1.07. The molecule has 0 saturated carbocycles. The Morgan fingerprint density at radius 3 is 2.29 bits per heavy atom. The summed E-state index contributed by atoms with van der Waals surface area (Å²) < 4.78 is 37.0. The summed E-state index contributed by atoms with van der Waals surface area (Å²) in [5.41, 5.74) is 1.02. The van der Waals surface area contributed by atoms with Gasteiger partial charge >= 0.3 is 12.1 Å². The molecule has 8 heteroatoms. The summed E-state index contributed by atoms with van der Waals surface area (Å²) in [6.07, 6.45) is -4.63. The first-order chi connectivity index (χ1) is 9.67. The number of halogens is 3. The van der Waals surface area contributed by atoms with Gasteiger partial charge in [-0.05, 0) is 19.1 Å². The summed E-state index contributed by atoms with van der Waals surface area (Å²) in [4.78, 5) is 23.3. The molecule has 1 rings (SSSR count). The third-order valence-corrected chi connectivity index (χ3v) is 3.43. The number of carbonyl (C=O) groups excluding carboxylic acids is 1. The van der Waals surface area contributed by atoms with E-state index in [-0.39, 0.29) is 5.75 Å². The summed E-state index contributed by atoms with van der Waals surface area (Å²) in [6, 6.07) is 7.13. The Labute approximate surface area is 123 Å². The molecule has 0 aliphatic rings. The second kappa shape index (κ2) is 7.35. The van der Waals surface area contributed by atoms with Gasteiger partial charge in [0.2, 0.25) is 5.91 Å². The Morgan fingerprint density at radius 1 is 1.24 bits per heavy atom. The van der Waals surface area contributed by atoms with E-state index in [2.05, 4.69) is 0 Å². The molecule has 0 aliphatic heterocycles. The number of carboxylic acids is 1. The zero-order valence-electron chi connectivity index (χ0n) is 11.2. The molecule has 0 radical (unpaired) electrons. The van der Waals surface area contributed by atoms with Crippen molar-refractivity contribution in [1.82, 2.24) is 4.90 Å². The second-order valence-corrected chi connectivity index (χ2v) is 5.41. The largest absolute Gasteiger partial charge is 0.480 e. The maximum atomic E-state index is 12.3. The minimum atomic E-state index is -4.63. The van der Waals surface area contributed by atoms with Crippen molar-refractivity contribution in [2.24, 2.45) is 0 Å². The van der Waals surface area contributed by atoms with Crippen LogP contribution in [-0.4, -0.2) is 46.9 Å². The van der Waals surface area contributed by atoms with Crippen LogP contribution in [0.25, 0.3) is 0 Å². The Hall–Kier alpha value is -1.70. The molecule has 1 aromatic carbocycles. The maximum Gasteiger partial charge on any atom is 0.406 e. The molecule has 21 heavy (non-hydrogen) atoms. The first-order valence-electron chi connectivity index (χ1n) is 5.93. The van der Waals surface area contributed by atoms with Crippen LogP contribution in [0.15, 0.2) is 29.2 Å². The lowest BCUT2D eigenvalue weighted by Crippen LogP contribution is -2.42. The predicted molar refractivity (Wildman–Crippen MR) is 72.2 cm³/mol. The standard InChI is InChI=1S/C13H14F3NO3S/c1-9-2-4-10(5-3-9)21-7-11(18)17(6-12(19)20)8-13(14,15)16/h2-5H,6-8H2,1H3,(H,19,20). The Balaban J connectivity index is 2.63. The Morgan fingerprint density at radius 2 is 1.81 bits per heavy atom. The molecule has 0 fully saturated rings. The first kappa shape index (κ1) is 17.4. The summed E-state index contributed by atoms with van der Waals surface area (Å²) in [7, 11) is 0. The average molecular weight is 321 g/mol. The Bertz CT molecular complexity index is 502. The van der Waals surface area contributed by atoms with E-state index in [0.717, 1.165) is 22.2 Å². The molecule has 4 nitrogen and oxygen atoms in total. The molecule has 0 unspecified atom stereocenters. The molecule has 0 atom stereocenters. The molecule has 0 spiro atoms. The molecule has 0 bridgehead atoms. The normalized spacial score (nSPS) is 11.2. The SMILES string of the molecule is Cc1ccc(SCC(=O)N(CC(=O)O)CC(F)(F)F)cc1. The van der Waals surface area contributed by atoms with E-state index in [1.807, 2.05) is 19.1 Å². The lowest BCUT2D eigenvalue weighted by atomic mass is 10.2. The first-order valence-corrected chi connectivity index (χ1v) is 6.92. The molecule has 0 saturated heterocycles. The highest BCUT2D eigenvalue weighted by Gasteiger charge is 2.33. The fourth-order valence-corrected chi connectivity index (χ4v) is 2.28. The molecule has 1 N–H and O–H groups in total. The van der Waals surface area contributed by atoms with E-state index in [9.17, 15) is 22.8 Å². The highest BCUT2D eigenvalue weighted by atomic mass is 32.2. The van der Waals surface area contributed by atoms with E-state index in [0.29, 0.717) is 4.90 Å². The van der Waals surface area contributed by atoms with Gasteiger partial charge in [-0.2, -0.15) is 13.2 Å². The number of alkyl halides is 3. The smallest absolute Gasteiger partial charge is 0.406 e. The number of carboxylic acid groups (broad SMARTS) is 1. The van der Waals surface area contributed by atoms with Crippen LogP contribution in [0.2, 0.25) is 0 Å². The third kappa shape index (κ3) is 7.03. The molecular weight excluding hydrogens is 307 g/mol. The van der Waals surface area contributed by atoms with Crippen LogP contribution < -0.4 is 0 Å². The van der Waals surface area contributed by atoms with Gasteiger partial charge in [0.05, 0.1) is 5.75 Å². The number of benzene rings is 1. The van der Waals surface area contributed by atoms with Crippen molar-refractivity contribution in [3.63, 3.8) is 0 Å². The topological polar surface area (TPSA) is 57.6 Å². The van der Waals surface area contributed by atoms with E-state index < -0.39 is 31.1 Å². The number of rotatable bonds is 6. The number of aryl methyl sites for hydroxylation is 1. The van der Waals surface area contributed by atoms with Crippen molar-refractivity contribution in [1.29, 1.82) is 0 Å². The molecule has 116 valence electrons. The van der Waals surface area contributed by atoms with Crippen molar-refractivity contribution >= 4 is 23.6 Å². The van der Waals surface area contributed by atoms with Crippen molar-refractivity contribution in [2.45, 2.75) is 18.0 Å². The van der Waals surface area contributed by atoms with Crippen LogP contribution in [-0.2, 0) is 9.59 Å². The lowest BCUT2D eigenvalue weighted by molar-refractivity contribution is -0.164. The number of hydrogen-bond donors (Lipinski definition) is 1. The minimum Gasteiger partial charge on any atom is -0.480 e. The fraction of sp³-hybridized carbons (Fsp3) is 0.385. The second-order valence-electron chi connectivity index (χ2n) is 4.36. The van der Waals surface area contributed by atoms with Crippen LogP contribution in [0.3, 0.4) is 0 Å². The van der Waals surface area contributed by atoms with E-state index >= 15 is 0 Å². The molecule has 1 aromatic rings. The van der Waals surface area contributed by atoms with Gasteiger partial charge in [-0.3, -0.25) is 9.59 Å². The van der Waals surface area contributed by atoms with Crippen LogP contribution >= 0.6 is 11.8 Å². The number of aliphatic carboxylic acids is 1. The van der Waals surface area contributed by atoms with Crippen molar-refractivity contribution in [2.75, 3.05) is 18.8 Å². The summed E-state index contributed by atoms with van der Waals surface area (Å²) in [5, 5.41) is 8.58. The van der Waals surface area contributed by atoms with Crippen molar-refractivity contribution in [3.8, 4) is 0 Å². The van der Waals surface area contributed by atoms with Crippen molar-refractivity contribution < 1.29 is 27.9 Å². The van der Waals surface area contributed by atoms with Gasteiger partial charge in [-0.1, -0.05) is 17.7 Å². The average Bonchev–Trinajstić information content (AvgIpc) is 2.34. The highest BCUT2D eigenvalue weighted by molar-refractivity contribution is 8.00. The van der Waals surface area contributed by atoms with Gasteiger partial charge in [0.15, 0.2) is 0 Å². The molecule has 0 heterocycles. The maximum absolute atomic E-state index is 12.3. The molecular formula is C13H14F3NO3S. The third-order valence-electron chi connectivity index (χ3n) is 2.43. The van der Waals surface area contributed by atoms with E-state index in [4.69, 9.17) is 5.11 Å². The van der Waals surface area contributed by atoms with Gasteiger partial charge in [-0.15, -0.1) is 11.8 Å². The summed E-state index contributed by atoms with van der Waals surface area (Å²) in [5.74, 6) is -2.58. The Kier molecular flexibility index (Phi) is 6.07. The van der Waals surface area contributed by atoms with Gasteiger partial charge in [0.1, 0.15) is 13.1 Å². The van der Waals surface area contributed by atoms with E-state index in [1.54, 1.807) is 12.1 Å². The van der Waals surface area contributed by atoms with Crippen LogP contribution in [0.4, 0.5) is 13.2 Å². The minimum absolute atomic E-state index is 0.244.